The molecule has 3 rings (SSSR count). The van der Waals surface area contributed by atoms with E-state index in [4.69, 9.17) is 0 Å². The van der Waals surface area contributed by atoms with Crippen LogP contribution >= 0.6 is 0 Å². The zero-order valence-corrected chi connectivity index (χ0v) is 16.3. The summed E-state index contributed by atoms with van der Waals surface area (Å²) in [6, 6.07) is 0.605. The molecule has 2 amide bonds. The number of nitrogens with one attached hydrogen (secondary N) is 3. The predicted octanol–water partition coefficient (Wildman–Crippen LogP) is 3.03. The molecule has 0 aromatic heterocycles. The summed E-state index contributed by atoms with van der Waals surface area (Å²) in [4.78, 5) is 25.8. The van der Waals surface area contributed by atoms with E-state index in [1.165, 1.54) is 51.4 Å². The first-order valence-corrected chi connectivity index (χ1v) is 11.0. The minimum Gasteiger partial charge on any atom is -0.353 e. The number of amides is 2. The van der Waals surface area contributed by atoms with Crippen LogP contribution in [-0.4, -0.2) is 37.0 Å². The smallest absolute Gasteiger partial charge is 0.228 e. The largest absolute Gasteiger partial charge is 0.353 e. The average molecular weight is 364 g/mol. The zero-order chi connectivity index (χ0) is 18.2. The van der Waals surface area contributed by atoms with Crippen molar-refractivity contribution in [2.45, 2.75) is 102 Å². The molecule has 2 saturated carbocycles. The highest BCUT2D eigenvalue weighted by Crippen LogP contribution is 2.31. The molecule has 3 fully saturated rings. The number of rotatable bonds is 5. The summed E-state index contributed by atoms with van der Waals surface area (Å²) >= 11 is 0. The van der Waals surface area contributed by atoms with E-state index in [1.54, 1.807) is 0 Å². The maximum atomic E-state index is 13.1. The topological polar surface area (TPSA) is 70.2 Å². The molecule has 5 nitrogen and oxygen atoms in total. The Morgan fingerprint density at radius 2 is 1.35 bits per heavy atom. The van der Waals surface area contributed by atoms with Crippen molar-refractivity contribution in [1.29, 1.82) is 0 Å². The molecule has 1 aliphatic heterocycles. The van der Waals surface area contributed by atoms with Gasteiger partial charge in [-0.1, -0.05) is 51.4 Å². The van der Waals surface area contributed by atoms with Crippen LogP contribution in [0.25, 0.3) is 0 Å². The average Bonchev–Trinajstić information content (AvgIpc) is 2.81. The van der Waals surface area contributed by atoms with Crippen LogP contribution in [0, 0.1) is 5.41 Å². The number of hydrogen-bond acceptors (Lipinski definition) is 3. The molecule has 1 atom stereocenters. The Bertz CT molecular complexity index is 458. The van der Waals surface area contributed by atoms with Crippen LogP contribution in [0.5, 0.6) is 0 Å². The summed E-state index contributed by atoms with van der Waals surface area (Å²) in [5, 5.41) is 9.86. The molecule has 26 heavy (non-hydrogen) atoms. The lowest BCUT2D eigenvalue weighted by Crippen LogP contribution is -2.49. The molecule has 1 unspecified atom stereocenters. The Kier molecular flexibility index (Phi) is 7.35. The Morgan fingerprint density at radius 1 is 0.808 bits per heavy atom. The predicted molar refractivity (Wildman–Crippen MR) is 104 cm³/mol. The van der Waals surface area contributed by atoms with Gasteiger partial charge in [0.2, 0.25) is 11.8 Å². The van der Waals surface area contributed by atoms with E-state index in [1.807, 2.05) is 0 Å². The van der Waals surface area contributed by atoms with Gasteiger partial charge in [0.25, 0.3) is 0 Å². The highest BCUT2D eigenvalue weighted by molar-refractivity contribution is 5.89. The van der Waals surface area contributed by atoms with Crippen LogP contribution in [0.2, 0.25) is 0 Å². The van der Waals surface area contributed by atoms with Gasteiger partial charge in [0.15, 0.2) is 0 Å². The lowest BCUT2D eigenvalue weighted by atomic mass is 9.81. The van der Waals surface area contributed by atoms with Gasteiger partial charge in [-0.05, 0) is 38.6 Å². The van der Waals surface area contributed by atoms with E-state index in [-0.39, 0.29) is 11.8 Å². The summed E-state index contributed by atoms with van der Waals surface area (Å²) in [5.74, 6) is 0.169. The lowest BCUT2D eigenvalue weighted by Gasteiger charge is -2.30. The molecule has 0 bridgehead atoms. The Hall–Kier alpha value is -1.10. The summed E-state index contributed by atoms with van der Waals surface area (Å²) in [7, 11) is 0. The van der Waals surface area contributed by atoms with Gasteiger partial charge in [-0.2, -0.15) is 0 Å². The van der Waals surface area contributed by atoms with Crippen molar-refractivity contribution in [2.24, 2.45) is 5.41 Å². The first-order valence-electron chi connectivity index (χ1n) is 11.0. The highest BCUT2D eigenvalue weighted by Gasteiger charge is 2.43. The molecule has 1 saturated heterocycles. The Morgan fingerprint density at radius 3 is 1.85 bits per heavy atom. The van der Waals surface area contributed by atoms with Crippen LogP contribution in [0.1, 0.15) is 89.9 Å². The van der Waals surface area contributed by atoms with Gasteiger partial charge in [0, 0.05) is 25.0 Å². The normalized spacial score (nSPS) is 28.9. The van der Waals surface area contributed by atoms with E-state index in [0.717, 1.165) is 38.6 Å². The first kappa shape index (κ1) is 19.7. The summed E-state index contributed by atoms with van der Waals surface area (Å²) in [6.07, 6.45) is 15.4. The molecular weight excluding hydrogens is 326 g/mol. The van der Waals surface area contributed by atoms with Gasteiger partial charge in [0.05, 0.1) is 5.41 Å². The van der Waals surface area contributed by atoms with Gasteiger partial charge in [-0.25, -0.2) is 0 Å². The SMILES string of the molecule is O=C(CC1(C(=O)NC2CCCCCC2)CCNC1)NC1CCCCCC1. The van der Waals surface area contributed by atoms with Crippen LogP contribution in [-0.2, 0) is 9.59 Å². The van der Waals surface area contributed by atoms with Crippen molar-refractivity contribution in [3.8, 4) is 0 Å². The van der Waals surface area contributed by atoms with Crippen LogP contribution in [0.4, 0.5) is 0 Å². The zero-order valence-electron chi connectivity index (χ0n) is 16.3. The molecule has 2 aliphatic carbocycles. The second-order valence-corrected chi connectivity index (χ2v) is 8.80. The minimum absolute atomic E-state index is 0.0663. The molecule has 0 aromatic carbocycles. The van der Waals surface area contributed by atoms with E-state index >= 15 is 0 Å². The molecular formula is C21H37N3O2. The van der Waals surface area contributed by atoms with Crippen molar-refractivity contribution in [1.82, 2.24) is 16.0 Å². The Labute approximate surface area is 158 Å². The third-order valence-electron chi connectivity index (χ3n) is 6.64. The first-order chi connectivity index (χ1) is 12.7. The summed E-state index contributed by atoms with van der Waals surface area (Å²) in [6.45, 7) is 1.46. The number of carbonyl (C=O) groups excluding carboxylic acids is 2. The van der Waals surface area contributed by atoms with E-state index in [0.29, 0.717) is 25.0 Å². The van der Waals surface area contributed by atoms with Crippen molar-refractivity contribution >= 4 is 11.8 Å². The van der Waals surface area contributed by atoms with Crippen LogP contribution in [0.3, 0.4) is 0 Å². The van der Waals surface area contributed by atoms with Gasteiger partial charge >= 0.3 is 0 Å². The second-order valence-electron chi connectivity index (χ2n) is 8.80. The molecule has 3 aliphatic rings. The lowest BCUT2D eigenvalue weighted by molar-refractivity contribution is -0.136. The number of carbonyl (C=O) groups is 2. The van der Waals surface area contributed by atoms with Gasteiger partial charge < -0.3 is 16.0 Å². The van der Waals surface area contributed by atoms with Crippen molar-refractivity contribution in [3.05, 3.63) is 0 Å². The molecule has 148 valence electrons. The van der Waals surface area contributed by atoms with Crippen molar-refractivity contribution in [3.63, 3.8) is 0 Å². The quantitative estimate of drug-likeness (QED) is 0.658. The molecule has 0 aromatic rings. The molecule has 5 heteroatoms. The van der Waals surface area contributed by atoms with Crippen LogP contribution in [0.15, 0.2) is 0 Å². The molecule has 3 N–H and O–H groups in total. The monoisotopic (exact) mass is 363 g/mol. The van der Waals surface area contributed by atoms with Gasteiger partial charge in [0.1, 0.15) is 0 Å². The third kappa shape index (κ3) is 5.45. The van der Waals surface area contributed by atoms with Gasteiger partial charge in [-0.3, -0.25) is 9.59 Å². The maximum Gasteiger partial charge on any atom is 0.228 e. The summed E-state index contributed by atoms with van der Waals surface area (Å²) in [5.41, 5.74) is -0.554. The van der Waals surface area contributed by atoms with Crippen molar-refractivity contribution < 1.29 is 9.59 Å². The minimum atomic E-state index is -0.554. The fourth-order valence-electron chi connectivity index (χ4n) is 4.94. The molecule has 0 radical (unpaired) electrons. The maximum absolute atomic E-state index is 13.1. The van der Waals surface area contributed by atoms with E-state index < -0.39 is 5.41 Å². The standard InChI is InChI=1S/C21H37N3O2/c25-19(23-17-9-5-1-2-6-10-17)15-21(13-14-22-16-21)20(26)24-18-11-7-3-4-8-12-18/h17-18,22H,1-16H2,(H,23,25)(H,24,26). The Balaban J connectivity index is 1.55. The third-order valence-corrected chi connectivity index (χ3v) is 6.64. The van der Waals surface area contributed by atoms with E-state index in [9.17, 15) is 9.59 Å². The molecule has 0 spiro atoms. The molecule has 1 heterocycles. The fraction of sp³-hybridized carbons (Fsp3) is 0.905. The van der Waals surface area contributed by atoms with E-state index in [2.05, 4.69) is 16.0 Å². The second kappa shape index (κ2) is 9.72. The fourth-order valence-corrected chi connectivity index (χ4v) is 4.94. The number of hydrogen-bond donors (Lipinski definition) is 3. The van der Waals surface area contributed by atoms with Gasteiger partial charge in [-0.15, -0.1) is 0 Å². The van der Waals surface area contributed by atoms with Crippen molar-refractivity contribution in [2.75, 3.05) is 13.1 Å². The highest BCUT2D eigenvalue weighted by atomic mass is 16.2. The van der Waals surface area contributed by atoms with Crippen LogP contribution < -0.4 is 16.0 Å². The summed E-state index contributed by atoms with van der Waals surface area (Å²) < 4.78 is 0.